The first-order valence-electron chi connectivity index (χ1n) is 7.12. The van der Waals surface area contributed by atoms with Crippen molar-refractivity contribution in [2.75, 3.05) is 7.11 Å². The van der Waals surface area contributed by atoms with Gasteiger partial charge in [-0.15, -0.1) is 0 Å². The van der Waals surface area contributed by atoms with Crippen LogP contribution in [-0.4, -0.2) is 18.2 Å². The average molecular weight is 292 g/mol. The number of benzene rings is 1. The van der Waals surface area contributed by atoms with Gasteiger partial charge in [0.25, 0.3) is 0 Å². The Balaban J connectivity index is 2.10. The number of rotatable bonds is 3. The molecule has 1 unspecified atom stereocenters. The zero-order valence-electron chi connectivity index (χ0n) is 12.5. The number of nitrogens with zero attached hydrogens (tertiary/aromatic N) is 2. The van der Waals surface area contributed by atoms with E-state index in [0.717, 1.165) is 29.0 Å². The quantitative estimate of drug-likeness (QED) is 0.813. The van der Waals surface area contributed by atoms with E-state index in [9.17, 15) is 5.26 Å². The molecule has 2 aromatic rings. The molecule has 1 aromatic heterocycles. The average Bonchev–Trinajstić information content (AvgIpc) is 2.93. The zero-order valence-corrected chi connectivity index (χ0v) is 12.5. The first-order chi connectivity index (χ1) is 10.7. The number of hydrogen-bond acceptors (Lipinski definition) is 4. The molecule has 0 bridgehead atoms. The van der Waals surface area contributed by atoms with Crippen molar-refractivity contribution in [3.63, 3.8) is 0 Å². The molecule has 0 fully saturated rings. The van der Waals surface area contributed by atoms with Crippen molar-refractivity contribution < 1.29 is 9.47 Å². The molecular formula is C18H16N2O2. The van der Waals surface area contributed by atoms with E-state index in [1.807, 2.05) is 43.3 Å². The number of methoxy groups -OCH3 is 1. The molecule has 0 saturated heterocycles. The van der Waals surface area contributed by atoms with Gasteiger partial charge >= 0.3 is 0 Å². The van der Waals surface area contributed by atoms with Gasteiger partial charge < -0.3 is 9.47 Å². The van der Waals surface area contributed by atoms with Gasteiger partial charge in [0.1, 0.15) is 23.7 Å². The van der Waals surface area contributed by atoms with Crippen molar-refractivity contribution in [2.24, 2.45) is 0 Å². The molecule has 0 aliphatic carbocycles. The van der Waals surface area contributed by atoms with Crippen LogP contribution in [0.3, 0.4) is 0 Å². The molecule has 0 radical (unpaired) electrons. The number of pyridine rings is 1. The summed E-state index contributed by atoms with van der Waals surface area (Å²) in [5.74, 6) is 1.60. The van der Waals surface area contributed by atoms with Crippen LogP contribution in [0.15, 0.2) is 36.5 Å². The number of fused-ring (bicyclic) bond motifs is 1. The summed E-state index contributed by atoms with van der Waals surface area (Å²) in [6, 6.07) is 11.6. The van der Waals surface area contributed by atoms with Gasteiger partial charge in [-0.2, -0.15) is 5.26 Å². The van der Waals surface area contributed by atoms with Crippen molar-refractivity contribution in [1.82, 2.24) is 4.98 Å². The SMILES string of the molecule is COc1cc(/C=C(/C#N)c2ccccn2)c2c(c1)CC(C)O2. The Morgan fingerprint density at radius 2 is 2.32 bits per heavy atom. The van der Waals surface area contributed by atoms with E-state index < -0.39 is 0 Å². The molecule has 3 rings (SSSR count). The Kier molecular flexibility index (Phi) is 3.80. The van der Waals surface area contributed by atoms with Gasteiger partial charge in [0, 0.05) is 23.7 Å². The van der Waals surface area contributed by atoms with Crippen LogP contribution in [0.4, 0.5) is 0 Å². The van der Waals surface area contributed by atoms with Gasteiger partial charge in [-0.3, -0.25) is 4.98 Å². The van der Waals surface area contributed by atoms with Gasteiger partial charge in [0.05, 0.1) is 18.4 Å². The number of ether oxygens (including phenoxy) is 2. The fraction of sp³-hybridized carbons (Fsp3) is 0.222. The molecule has 0 spiro atoms. The standard InChI is InChI=1S/C18H16N2O2/c1-12-7-13-9-16(21-2)10-14(18(13)22-12)8-15(11-19)17-5-3-4-6-20-17/h3-6,8-10,12H,7H2,1-2H3/b15-8-. The highest BCUT2D eigenvalue weighted by atomic mass is 16.5. The van der Waals surface area contributed by atoms with Crippen LogP contribution in [-0.2, 0) is 6.42 Å². The van der Waals surface area contributed by atoms with E-state index in [-0.39, 0.29) is 6.10 Å². The summed E-state index contributed by atoms with van der Waals surface area (Å²) in [4.78, 5) is 4.23. The Morgan fingerprint density at radius 3 is 3.00 bits per heavy atom. The Hall–Kier alpha value is -2.80. The predicted octanol–water partition coefficient (Wildman–Crippen LogP) is 3.48. The molecule has 1 aliphatic heterocycles. The molecule has 0 N–H and O–H groups in total. The lowest BCUT2D eigenvalue weighted by Crippen LogP contribution is -2.05. The molecule has 1 aromatic carbocycles. The van der Waals surface area contributed by atoms with Crippen LogP contribution >= 0.6 is 0 Å². The number of allylic oxidation sites excluding steroid dienone is 1. The molecule has 2 heterocycles. The second-order valence-corrected chi connectivity index (χ2v) is 5.22. The topological polar surface area (TPSA) is 55.1 Å². The van der Waals surface area contributed by atoms with E-state index in [1.54, 1.807) is 13.3 Å². The summed E-state index contributed by atoms with van der Waals surface area (Å²) < 4.78 is 11.2. The van der Waals surface area contributed by atoms with Gasteiger partial charge in [-0.1, -0.05) is 6.07 Å². The summed E-state index contributed by atoms with van der Waals surface area (Å²) >= 11 is 0. The smallest absolute Gasteiger partial charge is 0.130 e. The maximum atomic E-state index is 9.44. The first-order valence-corrected chi connectivity index (χ1v) is 7.12. The van der Waals surface area contributed by atoms with Gasteiger partial charge in [-0.05, 0) is 37.3 Å². The molecular weight excluding hydrogens is 276 g/mol. The van der Waals surface area contributed by atoms with Gasteiger partial charge in [0.15, 0.2) is 0 Å². The molecule has 0 saturated carbocycles. The molecule has 0 amide bonds. The largest absolute Gasteiger partial charge is 0.497 e. The summed E-state index contributed by atoms with van der Waals surface area (Å²) in [5, 5.41) is 9.44. The fourth-order valence-corrected chi connectivity index (χ4v) is 2.60. The summed E-state index contributed by atoms with van der Waals surface area (Å²) in [6.07, 6.45) is 4.46. The van der Waals surface area contributed by atoms with E-state index >= 15 is 0 Å². The van der Waals surface area contributed by atoms with Crippen LogP contribution in [0.1, 0.15) is 23.7 Å². The highest BCUT2D eigenvalue weighted by Gasteiger charge is 2.23. The monoisotopic (exact) mass is 292 g/mol. The lowest BCUT2D eigenvalue weighted by Gasteiger charge is -2.09. The Bertz CT molecular complexity index is 761. The van der Waals surface area contributed by atoms with Crippen molar-refractivity contribution >= 4 is 11.6 Å². The highest BCUT2D eigenvalue weighted by Crippen LogP contribution is 2.37. The molecule has 22 heavy (non-hydrogen) atoms. The molecule has 1 aliphatic rings. The normalized spacial score (nSPS) is 16.6. The second-order valence-electron chi connectivity index (χ2n) is 5.22. The van der Waals surface area contributed by atoms with E-state index in [2.05, 4.69) is 11.1 Å². The van der Waals surface area contributed by atoms with E-state index in [0.29, 0.717) is 11.3 Å². The maximum Gasteiger partial charge on any atom is 0.130 e. The first kappa shape index (κ1) is 14.2. The van der Waals surface area contributed by atoms with Gasteiger partial charge in [0.2, 0.25) is 0 Å². The van der Waals surface area contributed by atoms with Crippen molar-refractivity contribution in [2.45, 2.75) is 19.4 Å². The van der Waals surface area contributed by atoms with Crippen molar-refractivity contribution in [1.29, 1.82) is 5.26 Å². The second kappa shape index (κ2) is 5.90. The van der Waals surface area contributed by atoms with Crippen LogP contribution in [0.25, 0.3) is 11.6 Å². The zero-order chi connectivity index (χ0) is 15.5. The number of aromatic nitrogens is 1. The Labute approximate surface area is 129 Å². The third kappa shape index (κ3) is 2.66. The third-order valence-corrected chi connectivity index (χ3v) is 3.59. The summed E-state index contributed by atoms with van der Waals surface area (Å²) in [5.41, 5.74) is 3.10. The predicted molar refractivity (Wildman–Crippen MR) is 84.5 cm³/mol. The minimum absolute atomic E-state index is 0.134. The van der Waals surface area contributed by atoms with Crippen LogP contribution < -0.4 is 9.47 Å². The molecule has 4 nitrogen and oxygen atoms in total. The summed E-state index contributed by atoms with van der Waals surface area (Å²) in [6.45, 7) is 2.03. The fourth-order valence-electron chi connectivity index (χ4n) is 2.60. The molecule has 110 valence electrons. The maximum absolute atomic E-state index is 9.44. The minimum atomic E-state index is 0.134. The lowest BCUT2D eigenvalue weighted by atomic mass is 10.0. The van der Waals surface area contributed by atoms with E-state index in [1.165, 1.54) is 0 Å². The number of hydrogen-bond donors (Lipinski definition) is 0. The van der Waals surface area contributed by atoms with Crippen LogP contribution in [0.2, 0.25) is 0 Å². The van der Waals surface area contributed by atoms with Crippen molar-refractivity contribution in [3.8, 4) is 17.6 Å². The van der Waals surface area contributed by atoms with Gasteiger partial charge in [-0.25, -0.2) is 0 Å². The number of nitriles is 1. The Morgan fingerprint density at radius 1 is 1.45 bits per heavy atom. The third-order valence-electron chi connectivity index (χ3n) is 3.59. The minimum Gasteiger partial charge on any atom is -0.497 e. The molecule has 1 atom stereocenters. The van der Waals surface area contributed by atoms with Crippen molar-refractivity contribution in [3.05, 3.63) is 53.3 Å². The lowest BCUT2D eigenvalue weighted by molar-refractivity contribution is 0.254. The van der Waals surface area contributed by atoms with E-state index in [4.69, 9.17) is 9.47 Å². The van der Waals surface area contributed by atoms with Crippen LogP contribution in [0.5, 0.6) is 11.5 Å². The summed E-state index contributed by atoms with van der Waals surface area (Å²) in [7, 11) is 1.64. The molecule has 4 heteroatoms. The van der Waals surface area contributed by atoms with Crippen LogP contribution in [0, 0.1) is 11.3 Å². The highest BCUT2D eigenvalue weighted by molar-refractivity contribution is 5.90.